The third-order valence-corrected chi connectivity index (χ3v) is 2.30. The summed E-state index contributed by atoms with van der Waals surface area (Å²) in [6, 6.07) is 0. The van der Waals surface area contributed by atoms with Crippen molar-refractivity contribution in [3.8, 4) is 0 Å². The van der Waals surface area contributed by atoms with Crippen molar-refractivity contribution in [1.29, 1.82) is 0 Å². The van der Waals surface area contributed by atoms with E-state index >= 15 is 0 Å². The van der Waals surface area contributed by atoms with Gasteiger partial charge in [0, 0.05) is 0 Å². The molecule has 0 atom stereocenters. The maximum Gasteiger partial charge on any atom is 0.306 e. The van der Waals surface area contributed by atoms with Crippen molar-refractivity contribution in [3.05, 3.63) is 0 Å². The van der Waals surface area contributed by atoms with Crippen LogP contribution in [0.4, 0.5) is 0 Å². The first-order chi connectivity index (χ1) is 7.66. The Hall–Kier alpha value is -1.06. The van der Waals surface area contributed by atoms with E-state index < -0.39 is 11.9 Å². The quantitative estimate of drug-likeness (QED) is 0.463. The van der Waals surface area contributed by atoms with Gasteiger partial charge in [0.1, 0.15) is 0 Å². The molecule has 0 saturated heterocycles. The summed E-state index contributed by atoms with van der Waals surface area (Å²) >= 11 is 0. The van der Waals surface area contributed by atoms with Gasteiger partial charge in [0.25, 0.3) is 0 Å². The molecule has 0 aromatic heterocycles. The topological polar surface area (TPSA) is 63.6 Å². The van der Waals surface area contributed by atoms with E-state index in [1.54, 1.807) is 0 Å². The first-order valence-electron chi connectivity index (χ1n) is 6.04. The number of aliphatic carboxylic acids is 1. The highest BCUT2D eigenvalue weighted by atomic mass is 16.5. The Labute approximate surface area is 97.0 Å². The van der Waals surface area contributed by atoms with Gasteiger partial charge < -0.3 is 9.84 Å². The van der Waals surface area contributed by atoms with Crippen LogP contribution in [-0.4, -0.2) is 23.7 Å². The van der Waals surface area contributed by atoms with Gasteiger partial charge in [-0.05, 0) is 6.42 Å². The van der Waals surface area contributed by atoms with E-state index in [0.29, 0.717) is 6.61 Å². The number of hydrogen-bond donors (Lipinski definition) is 1. The monoisotopic (exact) mass is 230 g/mol. The van der Waals surface area contributed by atoms with Crippen LogP contribution in [0.25, 0.3) is 0 Å². The first kappa shape index (κ1) is 14.9. The predicted molar refractivity (Wildman–Crippen MR) is 61.2 cm³/mol. The molecule has 1 N–H and O–H groups in total. The number of carboxylic acids is 1. The lowest BCUT2D eigenvalue weighted by Gasteiger charge is -2.03. The summed E-state index contributed by atoms with van der Waals surface area (Å²) < 4.78 is 4.90. The van der Waals surface area contributed by atoms with Crippen molar-refractivity contribution in [2.45, 2.75) is 58.3 Å². The minimum atomic E-state index is -0.962. The zero-order valence-electron chi connectivity index (χ0n) is 10.0. The summed E-state index contributed by atoms with van der Waals surface area (Å²) in [7, 11) is 0. The lowest BCUT2D eigenvalue weighted by molar-refractivity contribution is -0.147. The lowest BCUT2D eigenvalue weighted by Crippen LogP contribution is -2.08. The highest BCUT2D eigenvalue weighted by Crippen LogP contribution is 2.05. The number of hydrogen-bond acceptors (Lipinski definition) is 3. The molecule has 0 unspecified atom stereocenters. The van der Waals surface area contributed by atoms with Crippen LogP contribution in [0.1, 0.15) is 58.3 Å². The van der Waals surface area contributed by atoms with Crippen LogP contribution >= 0.6 is 0 Å². The van der Waals surface area contributed by atoms with Gasteiger partial charge in [-0.15, -0.1) is 0 Å². The van der Waals surface area contributed by atoms with Crippen LogP contribution in [-0.2, 0) is 14.3 Å². The molecule has 94 valence electrons. The Balaban J connectivity index is 3.18. The second-order valence-corrected chi connectivity index (χ2v) is 3.88. The number of esters is 1. The average molecular weight is 230 g/mol. The Morgan fingerprint density at radius 3 is 2.25 bits per heavy atom. The smallest absolute Gasteiger partial charge is 0.306 e. The Morgan fingerprint density at radius 1 is 1.00 bits per heavy atom. The molecule has 0 aromatic rings. The van der Waals surface area contributed by atoms with E-state index in [-0.39, 0.29) is 12.8 Å². The van der Waals surface area contributed by atoms with Crippen LogP contribution in [0, 0.1) is 0 Å². The van der Waals surface area contributed by atoms with Crippen molar-refractivity contribution in [1.82, 2.24) is 0 Å². The van der Waals surface area contributed by atoms with Gasteiger partial charge >= 0.3 is 11.9 Å². The Bertz CT molecular complexity index is 201. The van der Waals surface area contributed by atoms with E-state index in [1.165, 1.54) is 25.7 Å². The van der Waals surface area contributed by atoms with Crippen LogP contribution in [0.5, 0.6) is 0 Å². The molecule has 0 rings (SSSR count). The highest BCUT2D eigenvalue weighted by Gasteiger charge is 2.05. The SMILES string of the molecule is CCCCCCCCOC(=O)CCC(=O)O. The molecule has 4 nitrogen and oxygen atoms in total. The molecule has 0 heterocycles. The van der Waals surface area contributed by atoms with Gasteiger partial charge in [-0.1, -0.05) is 39.0 Å². The van der Waals surface area contributed by atoms with Crippen LogP contribution in [0.15, 0.2) is 0 Å². The van der Waals surface area contributed by atoms with E-state index in [1.807, 2.05) is 0 Å². The maximum atomic E-state index is 11.0. The zero-order valence-corrected chi connectivity index (χ0v) is 10.0. The second kappa shape index (κ2) is 10.5. The molecule has 0 amide bonds. The molecular formula is C12H22O4. The summed E-state index contributed by atoms with van der Waals surface area (Å²) in [5, 5.41) is 8.35. The predicted octanol–water partition coefficient (Wildman–Crippen LogP) is 2.75. The normalized spacial score (nSPS) is 10.1. The summed E-state index contributed by atoms with van der Waals surface area (Å²) in [4.78, 5) is 21.2. The fourth-order valence-electron chi connectivity index (χ4n) is 1.35. The van der Waals surface area contributed by atoms with Gasteiger partial charge in [-0.25, -0.2) is 0 Å². The summed E-state index contributed by atoms with van der Waals surface area (Å²) in [6.45, 7) is 2.59. The molecular weight excluding hydrogens is 208 g/mol. The number of carbonyl (C=O) groups is 2. The number of ether oxygens (including phenoxy) is 1. The molecule has 4 heteroatoms. The molecule has 0 saturated carbocycles. The highest BCUT2D eigenvalue weighted by molar-refractivity contribution is 5.76. The number of unbranched alkanes of at least 4 members (excludes halogenated alkanes) is 5. The third kappa shape index (κ3) is 11.0. The lowest BCUT2D eigenvalue weighted by atomic mass is 10.1. The zero-order chi connectivity index (χ0) is 12.2. The summed E-state index contributed by atoms with van der Waals surface area (Å²) in [5.41, 5.74) is 0. The standard InChI is InChI=1S/C12H22O4/c1-2-3-4-5-6-7-10-16-12(15)9-8-11(13)14/h2-10H2,1H3,(H,13,14). The molecule has 0 aliphatic heterocycles. The number of carbonyl (C=O) groups excluding carboxylic acids is 1. The number of rotatable bonds is 10. The Kier molecular flexibility index (Phi) is 9.76. The van der Waals surface area contributed by atoms with Crippen molar-refractivity contribution >= 4 is 11.9 Å². The fraction of sp³-hybridized carbons (Fsp3) is 0.833. The van der Waals surface area contributed by atoms with Gasteiger partial charge in [0.2, 0.25) is 0 Å². The second-order valence-electron chi connectivity index (χ2n) is 3.88. The van der Waals surface area contributed by atoms with Crippen molar-refractivity contribution < 1.29 is 19.4 Å². The van der Waals surface area contributed by atoms with Crippen LogP contribution in [0.3, 0.4) is 0 Å². The maximum absolute atomic E-state index is 11.0. The van der Waals surface area contributed by atoms with E-state index in [0.717, 1.165) is 12.8 Å². The molecule has 0 spiro atoms. The van der Waals surface area contributed by atoms with Gasteiger partial charge in [0.05, 0.1) is 19.4 Å². The summed E-state index contributed by atoms with van der Waals surface area (Å²) in [5.74, 6) is -1.37. The fourth-order valence-corrected chi connectivity index (χ4v) is 1.35. The molecule has 0 radical (unpaired) electrons. The van der Waals surface area contributed by atoms with Crippen molar-refractivity contribution in [2.75, 3.05) is 6.61 Å². The van der Waals surface area contributed by atoms with Crippen LogP contribution < -0.4 is 0 Å². The molecule has 0 fully saturated rings. The summed E-state index contributed by atoms with van der Waals surface area (Å²) in [6.07, 6.45) is 6.70. The first-order valence-corrected chi connectivity index (χ1v) is 6.04. The molecule has 0 aliphatic carbocycles. The van der Waals surface area contributed by atoms with Crippen molar-refractivity contribution in [2.24, 2.45) is 0 Å². The third-order valence-electron chi connectivity index (χ3n) is 2.30. The molecule has 0 aromatic carbocycles. The van der Waals surface area contributed by atoms with Gasteiger partial charge in [-0.3, -0.25) is 9.59 Å². The van der Waals surface area contributed by atoms with Crippen LogP contribution in [0.2, 0.25) is 0 Å². The molecule has 0 aliphatic rings. The minimum absolute atomic E-state index is 0.0227. The van der Waals surface area contributed by atoms with Crippen molar-refractivity contribution in [3.63, 3.8) is 0 Å². The number of carboxylic acid groups (broad SMARTS) is 1. The largest absolute Gasteiger partial charge is 0.481 e. The molecule has 0 bridgehead atoms. The molecule has 16 heavy (non-hydrogen) atoms. The Morgan fingerprint density at radius 2 is 1.62 bits per heavy atom. The van der Waals surface area contributed by atoms with Gasteiger partial charge in [0.15, 0.2) is 0 Å². The van der Waals surface area contributed by atoms with E-state index in [4.69, 9.17) is 9.84 Å². The average Bonchev–Trinajstić information content (AvgIpc) is 2.25. The van der Waals surface area contributed by atoms with E-state index in [2.05, 4.69) is 6.92 Å². The van der Waals surface area contributed by atoms with Gasteiger partial charge in [-0.2, -0.15) is 0 Å². The van der Waals surface area contributed by atoms with E-state index in [9.17, 15) is 9.59 Å². The minimum Gasteiger partial charge on any atom is -0.481 e.